The monoisotopic (exact) mass is 397 g/mol. The van der Waals surface area contributed by atoms with E-state index >= 15 is 0 Å². The van der Waals surface area contributed by atoms with Gasteiger partial charge in [0.2, 0.25) is 5.91 Å². The molecule has 2 aliphatic heterocycles. The van der Waals surface area contributed by atoms with Crippen LogP contribution in [-0.2, 0) is 16.0 Å². The number of imide groups is 1. The Morgan fingerprint density at radius 1 is 0.931 bits per heavy atom. The highest BCUT2D eigenvalue weighted by atomic mass is 19.1. The molecule has 0 spiro atoms. The lowest BCUT2D eigenvalue weighted by atomic mass is 10.1. The van der Waals surface area contributed by atoms with Crippen molar-refractivity contribution in [3.05, 3.63) is 66.0 Å². The fourth-order valence-corrected chi connectivity index (χ4v) is 4.52. The first-order valence-electron chi connectivity index (χ1n) is 10.5. The minimum Gasteiger partial charge on any atom is -0.326 e. The van der Waals surface area contributed by atoms with Gasteiger partial charge >= 0.3 is 0 Å². The Hall–Kier alpha value is -2.57. The van der Waals surface area contributed by atoms with Crippen molar-refractivity contribution in [1.82, 2.24) is 0 Å². The first-order valence-corrected chi connectivity index (χ1v) is 10.5. The SMILES string of the molecule is O=C1C[C@@H]([NH+]2CC[NH+](CCCc3ccccc3)CC2)C(=O)N1c1ccc(F)cc1. The van der Waals surface area contributed by atoms with Crippen molar-refractivity contribution in [3.8, 4) is 0 Å². The number of anilines is 1. The smallest absolute Gasteiger partial charge is 0.292 e. The number of benzene rings is 2. The van der Waals surface area contributed by atoms with Gasteiger partial charge in [-0.3, -0.25) is 9.59 Å². The Morgan fingerprint density at radius 3 is 2.31 bits per heavy atom. The molecule has 2 saturated heterocycles. The summed E-state index contributed by atoms with van der Waals surface area (Å²) >= 11 is 0. The third kappa shape index (κ3) is 4.54. The van der Waals surface area contributed by atoms with E-state index in [9.17, 15) is 14.0 Å². The van der Waals surface area contributed by atoms with Crippen molar-refractivity contribution in [3.63, 3.8) is 0 Å². The van der Waals surface area contributed by atoms with Gasteiger partial charge in [-0.15, -0.1) is 0 Å². The van der Waals surface area contributed by atoms with E-state index in [0.29, 0.717) is 5.69 Å². The molecule has 152 valence electrons. The third-order valence-corrected chi connectivity index (χ3v) is 6.16. The normalized spacial score (nSPS) is 24.9. The Bertz CT molecular complexity index is 848. The molecule has 4 rings (SSSR count). The van der Waals surface area contributed by atoms with E-state index in [-0.39, 0.29) is 30.1 Å². The zero-order valence-electron chi connectivity index (χ0n) is 16.6. The summed E-state index contributed by atoms with van der Waals surface area (Å²) < 4.78 is 13.2. The van der Waals surface area contributed by atoms with Gasteiger partial charge in [0, 0.05) is 6.42 Å². The molecule has 0 unspecified atom stereocenters. The fraction of sp³-hybridized carbons (Fsp3) is 0.391. The number of aryl methyl sites for hydroxylation is 1. The van der Waals surface area contributed by atoms with Gasteiger partial charge in [-0.05, 0) is 36.2 Å². The van der Waals surface area contributed by atoms with Gasteiger partial charge in [-0.1, -0.05) is 30.3 Å². The summed E-state index contributed by atoms with van der Waals surface area (Å²) in [6.07, 6.45) is 2.51. The van der Waals surface area contributed by atoms with E-state index in [2.05, 4.69) is 24.3 Å². The van der Waals surface area contributed by atoms with E-state index in [1.54, 1.807) is 4.90 Å². The van der Waals surface area contributed by atoms with Crippen molar-refractivity contribution >= 4 is 17.5 Å². The topological polar surface area (TPSA) is 46.3 Å². The lowest BCUT2D eigenvalue weighted by Crippen LogP contribution is -3.30. The minimum absolute atomic E-state index is 0.149. The number of hydrogen-bond donors (Lipinski definition) is 2. The summed E-state index contributed by atoms with van der Waals surface area (Å²) in [7, 11) is 0. The fourth-order valence-electron chi connectivity index (χ4n) is 4.52. The van der Waals surface area contributed by atoms with Crippen LogP contribution in [0.2, 0.25) is 0 Å². The van der Waals surface area contributed by atoms with E-state index in [1.165, 1.54) is 39.6 Å². The Balaban J connectivity index is 1.28. The molecule has 0 saturated carbocycles. The zero-order chi connectivity index (χ0) is 20.2. The average Bonchev–Trinajstić information content (AvgIpc) is 3.04. The van der Waals surface area contributed by atoms with Crippen LogP contribution in [0.5, 0.6) is 0 Å². The maximum Gasteiger partial charge on any atom is 0.292 e. The average molecular weight is 397 g/mol. The summed E-state index contributed by atoms with van der Waals surface area (Å²) in [6, 6.07) is 15.8. The second kappa shape index (κ2) is 8.84. The number of nitrogens with zero attached hydrogens (tertiary/aromatic N) is 1. The Morgan fingerprint density at radius 2 is 1.62 bits per heavy atom. The molecule has 0 bridgehead atoms. The Kier molecular flexibility index (Phi) is 6.02. The van der Waals surface area contributed by atoms with Crippen LogP contribution < -0.4 is 14.7 Å². The number of nitrogens with one attached hydrogen (secondary N) is 2. The molecule has 6 heteroatoms. The van der Waals surface area contributed by atoms with Crippen molar-refractivity contribution in [2.24, 2.45) is 0 Å². The van der Waals surface area contributed by atoms with E-state index in [4.69, 9.17) is 0 Å². The summed E-state index contributed by atoms with van der Waals surface area (Å²) in [5.41, 5.74) is 1.85. The Labute approximate surface area is 170 Å². The lowest BCUT2D eigenvalue weighted by Gasteiger charge is -2.32. The standard InChI is InChI=1S/C23H26FN3O2/c24-19-8-10-20(11-9-19)27-22(28)17-21(23(27)29)26-15-13-25(14-16-26)12-4-7-18-5-2-1-3-6-18/h1-3,5-6,8-11,21H,4,7,12-17H2/p+2/t21-/m1/s1. The highest BCUT2D eigenvalue weighted by molar-refractivity contribution is 6.21. The van der Waals surface area contributed by atoms with Crippen LogP contribution in [0.1, 0.15) is 18.4 Å². The summed E-state index contributed by atoms with van der Waals surface area (Å²) in [5, 5.41) is 0. The van der Waals surface area contributed by atoms with Crippen molar-refractivity contribution in [2.75, 3.05) is 37.6 Å². The quantitative estimate of drug-likeness (QED) is 0.668. The van der Waals surface area contributed by atoms with E-state index in [0.717, 1.165) is 45.6 Å². The summed E-state index contributed by atoms with van der Waals surface area (Å²) in [5.74, 6) is -0.706. The zero-order valence-corrected chi connectivity index (χ0v) is 16.6. The second-order valence-corrected chi connectivity index (χ2v) is 8.05. The molecule has 2 aliphatic rings. The van der Waals surface area contributed by atoms with E-state index < -0.39 is 0 Å². The van der Waals surface area contributed by atoms with Crippen LogP contribution in [-0.4, -0.2) is 50.6 Å². The highest BCUT2D eigenvalue weighted by Crippen LogP contribution is 2.22. The van der Waals surface area contributed by atoms with Gasteiger partial charge in [0.15, 0.2) is 6.04 Å². The van der Waals surface area contributed by atoms with Gasteiger partial charge in [0.1, 0.15) is 32.0 Å². The predicted molar refractivity (Wildman–Crippen MR) is 108 cm³/mol. The van der Waals surface area contributed by atoms with Crippen molar-refractivity contribution < 1.29 is 23.8 Å². The lowest BCUT2D eigenvalue weighted by molar-refractivity contribution is -1.02. The third-order valence-electron chi connectivity index (χ3n) is 6.16. The molecule has 1 atom stereocenters. The number of piperazine rings is 1. The van der Waals surface area contributed by atoms with Crippen molar-refractivity contribution in [2.45, 2.75) is 25.3 Å². The van der Waals surface area contributed by atoms with Crippen LogP contribution >= 0.6 is 0 Å². The predicted octanol–water partition coefficient (Wildman–Crippen LogP) is -0.126. The summed E-state index contributed by atoms with van der Waals surface area (Å²) in [4.78, 5) is 29.4. The van der Waals surface area contributed by atoms with Gasteiger partial charge in [0.05, 0.1) is 18.7 Å². The maximum atomic E-state index is 13.2. The molecule has 2 heterocycles. The van der Waals surface area contributed by atoms with Gasteiger partial charge < -0.3 is 9.80 Å². The molecule has 2 amide bonds. The number of quaternary nitrogens is 2. The van der Waals surface area contributed by atoms with Gasteiger partial charge in [0.25, 0.3) is 5.91 Å². The molecule has 0 radical (unpaired) electrons. The number of halogens is 1. The molecule has 2 aromatic rings. The van der Waals surface area contributed by atoms with Crippen LogP contribution in [0.4, 0.5) is 10.1 Å². The van der Waals surface area contributed by atoms with Crippen LogP contribution in [0.15, 0.2) is 54.6 Å². The molecular weight excluding hydrogens is 369 g/mol. The molecule has 5 nitrogen and oxygen atoms in total. The molecule has 0 aliphatic carbocycles. The molecule has 2 aromatic carbocycles. The summed E-state index contributed by atoms with van der Waals surface area (Å²) in [6.45, 7) is 5.00. The van der Waals surface area contributed by atoms with Crippen molar-refractivity contribution in [1.29, 1.82) is 0 Å². The minimum atomic E-state index is -0.374. The number of carbonyl (C=O) groups excluding carboxylic acids is 2. The molecular formula is C23H28FN3O2+2. The molecule has 0 aromatic heterocycles. The largest absolute Gasteiger partial charge is 0.326 e. The number of amides is 2. The maximum absolute atomic E-state index is 13.2. The number of hydrogen-bond acceptors (Lipinski definition) is 2. The molecule has 2 N–H and O–H groups in total. The van der Waals surface area contributed by atoms with Crippen LogP contribution in [0.25, 0.3) is 0 Å². The van der Waals surface area contributed by atoms with Gasteiger partial charge in [-0.25, -0.2) is 9.29 Å². The first-order chi connectivity index (χ1) is 14.1. The van der Waals surface area contributed by atoms with Crippen LogP contribution in [0, 0.1) is 5.82 Å². The number of carbonyl (C=O) groups is 2. The van der Waals surface area contributed by atoms with E-state index in [1.807, 2.05) is 6.07 Å². The van der Waals surface area contributed by atoms with Crippen LogP contribution in [0.3, 0.4) is 0 Å². The highest BCUT2D eigenvalue weighted by Gasteiger charge is 2.46. The van der Waals surface area contributed by atoms with Gasteiger partial charge in [-0.2, -0.15) is 0 Å². The first kappa shape index (κ1) is 19.7. The molecule has 2 fully saturated rings. The second-order valence-electron chi connectivity index (χ2n) is 8.05. The number of rotatable bonds is 6. The molecule has 29 heavy (non-hydrogen) atoms.